The zero-order valence-corrected chi connectivity index (χ0v) is 50.7. The van der Waals surface area contributed by atoms with Crippen molar-refractivity contribution < 1.29 is 56.9 Å². The summed E-state index contributed by atoms with van der Waals surface area (Å²) < 4.78 is 78.1. The Morgan fingerprint density at radius 2 is 0.798 bits per heavy atom. The number of methoxy groups -OCH3 is 1. The molecule has 2 saturated heterocycles. The molecule has 7 aromatic carbocycles. The van der Waals surface area contributed by atoms with Crippen molar-refractivity contribution in [3.63, 3.8) is 0 Å². The first-order valence-corrected chi connectivity index (χ1v) is 32.5. The van der Waals surface area contributed by atoms with E-state index in [9.17, 15) is 5.11 Å². The molecule has 2 fully saturated rings. The molecule has 446 valence electrons. The van der Waals surface area contributed by atoms with E-state index in [0.29, 0.717) is 13.2 Å². The summed E-state index contributed by atoms with van der Waals surface area (Å²) in [7, 11) is -1.04. The summed E-state index contributed by atoms with van der Waals surface area (Å²) in [5.74, 6) is -0.622. The molecule has 9 rings (SSSR count). The van der Waals surface area contributed by atoms with Crippen LogP contribution in [0.5, 0.6) is 0 Å². The minimum Gasteiger partial charge on any atom is -0.414 e. The van der Waals surface area contributed by atoms with E-state index in [1.807, 2.05) is 212 Å². The van der Waals surface area contributed by atoms with E-state index in [0.717, 1.165) is 38.9 Å². The predicted octanol–water partition coefficient (Wildman–Crippen LogP) is 13.2. The lowest BCUT2D eigenvalue weighted by Gasteiger charge is -2.56. The Morgan fingerprint density at radius 1 is 0.452 bits per heavy atom. The van der Waals surface area contributed by atoms with Gasteiger partial charge in [0.05, 0.1) is 78.3 Å². The molecule has 2 heterocycles. The van der Waals surface area contributed by atoms with Crippen LogP contribution in [-0.2, 0) is 98.0 Å². The van der Waals surface area contributed by atoms with Crippen LogP contribution in [0.1, 0.15) is 66.1 Å². The summed E-state index contributed by atoms with van der Waals surface area (Å²) in [6, 6.07) is 70.5. The molecule has 0 spiro atoms. The van der Waals surface area contributed by atoms with E-state index >= 15 is 0 Å². The molecule has 6 unspecified atom stereocenters. The summed E-state index contributed by atoms with van der Waals surface area (Å²) in [6.45, 7) is 13.0. The van der Waals surface area contributed by atoms with Crippen LogP contribution in [-0.4, -0.2) is 101 Å². The third kappa shape index (κ3) is 17.3. The highest BCUT2D eigenvalue weighted by Gasteiger charge is 2.62. The van der Waals surface area contributed by atoms with E-state index in [1.165, 1.54) is 0 Å². The fourth-order valence-electron chi connectivity index (χ4n) is 10.9. The molecule has 84 heavy (non-hydrogen) atoms. The van der Waals surface area contributed by atoms with Crippen LogP contribution in [0.15, 0.2) is 212 Å². The Hall–Kier alpha value is -5.72. The van der Waals surface area contributed by atoms with Crippen molar-refractivity contribution >= 4 is 8.32 Å². The van der Waals surface area contributed by atoms with E-state index < -0.39 is 75.0 Å². The largest absolute Gasteiger partial charge is 0.414 e. The molecule has 0 aromatic heterocycles. The fraction of sp³-hybridized carbons (Fsp3) is 0.408. The molecular formula is C71H86O12Si. The number of hydrogen-bond donors (Lipinski definition) is 1. The minimum absolute atomic E-state index is 0.0436. The first kappa shape index (κ1) is 62.8. The molecule has 0 saturated carbocycles. The zero-order chi connectivity index (χ0) is 58.6. The van der Waals surface area contributed by atoms with E-state index in [2.05, 4.69) is 33.9 Å². The van der Waals surface area contributed by atoms with Crippen LogP contribution in [0.4, 0.5) is 0 Å². The zero-order valence-electron chi connectivity index (χ0n) is 49.7. The molecule has 11 atom stereocenters. The van der Waals surface area contributed by atoms with Crippen molar-refractivity contribution in [3.05, 3.63) is 251 Å². The van der Waals surface area contributed by atoms with Crippen molar-refractivity contribution in [1.29, 1.82) is 0 Å². The number of aliphatic hydroxyl groups excluding tert-OH is 1. The van der Waals surface area contributed by atoms with Gasteiger partial charge in [0.2, 0.25) is 0 Å². The highest BCUT2D eigenvalue weighted by atomic mass is 28.4. The first-order chi connectivity index (χ1) is 40.9. The average Bonchev–Trinajstić information content (AvgIpc) is 1.99. The second kappa shape index (κ2) is 31.1. The van der Waals surface area contributed by atoms with Gasteiger partial charge in [0.1, 0.15) is 42.2 Å². The number of aliphatic hydroxyl groups is 1. The van der Waals surface area contributed by atoms with Crippen LogP contribution in [0.3, 0.4) is 0 Å². The number of hydrogen-bond acceptors (Lipinski definition) is 12. The molecule has 13 heteroatoms. The van der Waals surface area contributed by atoms with Crippen LogP contribution >= 0.6 is 0 Å². The van der Waals surface area contributed by atoms with Crippen molar-refractivity contribution in [2.24, 2.45) is 5.92 Å². The average molecular weight is 1160 g/mol. The first-order valence-electron chi connectivity index (χ1n) is 29.6. The summed E-state index contributed by atoms with van der Waals surface area (Å²) in [5.41, 5.74) is 5.14. The van der Waals surface area contributed by atoms with Crippen LogP contribution in [0, 0.1) is 5.92 Å². The van der Waals surface area contributed by atoms with Crippen LogP contribution in [0.25, 0.3) is 0 Å². The maximum Gasteiger partial charge on any atom is 0.192 e. The number of ether oxygens (including phenoxy) is 10. The van der Waals surface area contributed by atoms with Gasteiger partial charge in [-0.05, 0) is 63.5 Å². The van der Waals surface area contributed by atoms with Crippen molar-refractivity contribution in [2.45, 2.75) is 152 Å². The molecule has 12 nitrogen and oxygen atoms in total. The third-order valence-corrected chi connectivity index (χ3v) is 21.1. The highest BCUT2D eigenvalue weighted by Crippen LogP contribution is 2.46. The van der Waals surface area contributed by atoms with Gasteiger partial charge in [0.15, 0.2) is 14.6 Å². The summed E-state index contributed by atoms with van der Waals surface area (Å²) in [5, 5.41) is 14.1. The number of benzene rings is 7. The lowest BCUT2D eigenvalue weighted by atomic mass is 9.75. The Morgan fingerprint density at radius 3 is 1.19 bits per heavy atom. The van der Waals surface area contributed by atoms with Gasteiger partial charge < -0.3 is 56.9 Å². The molecule has 2 aliphatic heterocycles. The molecule has 2 aliphatic rings. The predicted molar refractivity (Wildman–Crippen MR) is 328 cm³/mol. The van der Waals surface area contributed by atoms with E-state index in [-0.39, 0.29) is 64.3 Å². The van der Waals surface area contributed by atoms with Gasteiger partial charge in [0, 0.05) is 13.0 Å². The smallest absolute Gasteiger partial charge is 0.192 e. The Balaban J connectivity index is 1.19. The Kier molecular flexibility index (Phi) is 23.2. The van der Waals surface area contributed by atoms with E-state index in [1.54, 1.807) is 7.11 Å². The van der Waals surface area contributed by atoms with Gasteiger partial charge in [-0.3, -0.25) is 0 Å². The van der Waals surface area contributed by atoms with Crippen LogP contribution in [0.2, 0.25) is 18.1 Å². The lowest BCUT2D eigenvalue weighted by Crippen LogP contribution is -2.73. The minimum atomic E-state index is -2.67. The molecule has 0 amide bonds. The van der Waals surface area contributed by atoms with Gasteiger partial charge in [-0.15, -0.1) is 0 Å². The third-order valence-electron chi connectivity index (χ3n) is 16.6. The maximum absolute atomic E-state index is 14.3. The summed E-state index contributed by atoms with van der Waals surface area (Å²) >= 11 is 0. The number of rotatable bonds is 30. The second-order valence-electron chi connectivity index (χ2n) is 23.6. The van der Waals surface area contributed by atoms with Gasteiger partial charge in [0.25, 0.3) is 0 Å². The molecule has 0 aliphatic carbocycles. The van der Waals surface area contributed by atoms with Crippen molar-refractivity contribution in [2.75, 3.05) is 26.9 Å². The van der Waals surface area contributed by atoms with Crippen molar-refractivity contribution in [1.82, 2.24) is 0 Å². The van der Waals surface area contributed by atoms with Gasteiger partial charge in [-0.25, -0.2) is 0 Å². The summed E-state index contributed by atoms with van der Waals surface area (Å²) in [4.78, 5) is 0. The van der Waals surface area contributed by atoms with Crippen molar-refractivity contribution in [3.8, 4) is 0 Å². The topological polar surface area (TPSA) is 122 Å². The molecular weight excluding hydrogens is 1070 g/mol. The van der Waals surface area contributed by atoms with Crippen LogP contribution < -0.4 is 0 Å². The lowest BCUT2D eigenvalue weighted by molar-refractivity contribution is -0.341. The normalized spacial score (nSPS) is 24.2. The Labute approximate surface area is 499 Å². The summed E-state index contributed by atoms with van der Waals surface area (Å²) in [6.07, 6.45) is -7.90. The van der Waals surface area contributed by atoms with Gasteiger partial charge in [-0.1, -0.05) is 233 Å². The fourth-order valence-corrected chi connectivity index (χ4v) is 11.9. The molecule has 7 aromatic rings. The molecule has 1 N–H and O–H groups in total. The quantitative estimate of drug-likeness (QED) is 0.0432. The SMILES string of the molecule is CO[C@@H]1O[C@@H](COCc2ccccc2)[C@H](OCc2ccccc2)C(CC(O)[C@@]2(CO[Si](C)(C)C(C)(C)C)OC(COCc3ccccc3)[C@H](OCc3ccccc3)C(OCc3ccccc3)C2OCc2ccccc2)C1OCc1ccccc1. The monoisotopic (exact) mass is 1160 g/mol. The molecule has 0 bridgehead atoms. The second-order valence-corrected chi connectivity index (χ2v) is 28.4. The Bertz CT molecular complexity index is 2920. The van der Waals surface area contributed by atoms with Gasteiger partial charge in [-0.2, -0.15) is 0 Å². The maximum atomic E-state index is 14.3. The van der Waals surface area contributed by atoms with E-state index in [4.69, 9.17) is 51.8 Å². The van der Waals surface area contributed by atoms with Gasteiger partial charge >= 0.3 is 0 Å². The molecule has 0 radical (unpaired) electrons. The highest BCUT2D eigenvalue weighted by molar-refractivity contribution is 6.74. The standard InChI is InChI=1S/C71H86O12Si/c1-70(2,3)84(5,6)81-52-71(63(72)42-60-64(76-45-55-32-18-9-19-33-55)61(50-74-43-53-28-14-7-15-29-53)82-69(73-4)65(60)77-46-56-34-20-10-21-35-56)68(80-49-59-40-26-13-27-41-59)67(79-48-58-38-24-12-25-39-58)66(78-47-57-36-22-11-23-37-57)62(83-71)51-75-44-54-30-16-8-17-31-54/h7-41,60-69,72H,42-52H2,1-6H3/t60?,61-,62?,63?,64+,65?,66-,67?,68?,69+,71+/m0/s1.